The fraction of sp³-hybridized carbons (Fsp3) is 0.333. The number of carbonyl (C=O) groups is 1. The number of rotatable bonds is 4. The molecule has 8 heteroatoms. The molecule has 0 bridgehead atoms. The molecule has 1 fully saturated rings. The van der Waals surface area contributed by atoms with Gasteiger partial charge in [0.05, 0.1) is 0 Å². The van der Waals surface area contributed by atoms with Crippen molar-refractivity contribution in [2.45, 2.75) is 20.8 Å². The molecule has 4 rings (SSSR count). The van der Waals surface area contributed by atoms with Crippen LogP contribution >= 0.6 is 0 Å². The topological polar surface area (TPSA) is 80.3 Å². The van der Waals surface area contributed by atoms with Gasteiger partial charge in [-0.1, -0.05) is 5.16 Å². The molecule has 4 heterocycles. The number of amides is 1. The van der Waals surface area contributed by atoms with Gasteiger partial charge in [0.2, 0.25) is 11.9 Å². The minimum Gasteiger partial charge on any atom is -0.360 e. The lowest BCUT2D eigenvalue weighted by atomic mass is 10.2. The Balaban J connectivity index is 1.42. The number of carbonyl (C=O) groups excluding carboxylic acids is 1. The van der Waals surface area contributed by atoms with E-state index in [0.29, 0.717) is 19.0 Å². The molecule has 3 aromatic heterocycles. The molecule has 8 nitrogen and oxygen atoms in total. The van der Waals surface area contributed by atoms with Crippen molar-refractivity contribution in [1.82, 2.24) is 24.6 Å². The van der Waals surface area contributed by atoms with Crippen molar-refractivity contribution >= 4 is 17.9 Å². The molecule has 1 aliphatic rings. The van der Waals surface area contributed by atoms with Crippen LogP contribution in [0, 0.1) is 20.8 Å². The molecule has 1 amide bonds. The Morgan fingerprint density at radius 2 is 1.79 bits per heavy atom. The van der Waals surface area contributed by atoms with Crippen LogP contribution in [0.1, 0.15) is 22.7 Å². The number of hydrogen-bond acceptors (Lipinski definition) is 6. The molecule has 0 aliphatic carbocycles. The average Bonchev–Trinajstić information content (AvgIpc) is 3.28. The molecular weight excluding hydrogens is 368 g/mol. The lowest BCUT2D eigenvalue weighted by Gasteiger charge is -2.34. The van der Waals surface area contributed by atoms with E-state index in [4.69, 9.17) is 4.52 Å². The number of aryl methyl sites for hydroxylation is 2. The molecule has 0 N–H and O–H groups in total. The Bertz CT molecular complexity index is 1030. The van der Waals surface area contributed by atoms with Crippen LogP contribution < -0.4 is 4.90 Å². The second-order valence-electron chi connectivity index (χ2n) is 7.15. The molecule has 0 saturated carbocycles. The van der Waals surface area contributed by atoms with Gasteiger partial charge >= 0.3 is 0 Å². The number of nitrogens with zero attached hydrogens (tertiary/aromatic N) is 6. The Morgan fingerprint density at radius 1 is 1.07 bits per heavy atom. The molecule has 3 aromatic rings. The monoisotopic (exact) mass is 392 g/mol. The summed E-state index contributed by atoms with van der Waals surface area (Å²) in [4.78, 5) is 25.2. The van der Waals surface area contributed by atoms with Gasteiger partial charge in [0.15, 0.2) is 5.82 Å². The van der Waals surface area contributed by atoms with Gasteiger partial charge in [0, 0.05) is 62.1 Å². The van der Waals surface area contributed by atoms with Crippen LogP contribution in [0.3, 0.4) is 0 Å². The Morgan fingerprint density at radius 3 is 2.45 bits per heavy atom. The van der Waals surface area contributed by atoms with Crippen molar-refractivity contribution < 1.29 is 9.32 Å². The zero-order valence-electron chi connectivity index (χ0n) is 16.9. The maximum Gasteiger partial charge on any atom is 0.246 e. The maximum atomic E-state index is 12.6. The predicted octanol–water partition coefficient (Wildman–Crippen LogP) is 2.54. The van der Waals surface area contributed by atoms with E-state index < -0.39 is 0 Å². The van der Waals surface area contributed by atoms with Crippen LogP contribution in [-0.4, -0.2) is 56.7 Å². The fourth-order valence-electron chi connectivity index (χ4n) is 3.62. The smallest absolute Gasteiger partial charge is 0.246 e. The van der Waals surface area contributed by atoms with Crippen molar-refractivity contribution in [3.8, 4) is 5.82 Å². The van der Waals surface area contributed by atoms with Crippen molar-refractivity contribution in [3.63, 3.8) is 0 Å². The van der Waals surface area contributed by atoms with E-state index in [-0.39, 0.29) is 5.91 Å². The molecule has 0 atom stereocenters. The quantitative estimate of drug-likeness (QED) is 0.635. The van der Waals surface area contributed by atoms with E-state index in [2.05, 4.69) is 20.0 Å². The van der Waals surface area contributed by atoms with Crippen LogP contribution in [0.25, 0.3) is 11.9 Å². The molecule has 0 aromatic carbocycles. The largest absolute Gasteiger partial charge is 0.360 e. The lowest BCUT2D eigenvalue weighted by Crippen LogP contribution is -2.48. The highest BCUT2D eigenvalue weighted by Gasteiger charge is 2.21. The van der Waals surface area contributed by atoms with Crippen LogP contribution in [0.5, 0.6) is 0 Å². The van der Waals surface area contributed by atoms with Gasteiger partial charge in [-0.2, -0.15) is 0 Å². The van der Waals surface area contributed by atoms with Crippen molar-refractivity contribution in [3.05, 3.63) is 59.4 Å². The maximum absolute atomic E-state index is 12.6. The first-order valence-corrected chi connectivity index (χ1v) is 9.64. The van der Waals surface area contributed by atoms with Crippen LogP contribution in [-0.2, 0) is 4.79 Å². The molecule has 0 radical (unpaired) electrons. The minimum atomic E-state index is 0.0145. The fourth-order valence-corrected chi connectivity index (χ4v) is 3.62. The average molecular weight is 392 g/mol. The number of piperazine rings is 1. The first-order valence-electron chi connectivity index (χ1n) is 9.64. The summed E-state index contributed by atoms with van der Waals surface area (Å²) in [6.45, 7) is 8.65. The zero-order valence-corrected chi connectivity index (χ0v) is 16.9. The minimum absolute atomic E-state index is 0.0145. The second kappa shape index (κ2) is 7.90. The molecule has 1 aliphatic heterocycles. The highest BCUT2D eigenvalue weighted by molar-refractivity contribution is 5.92. The molecule has 29 heavy (non-hydrogen) atoms. The van der Waals surface area contributed by atoms with Gasteiger partial charge in [-0.15, -0.1) is 0 Å². The number of hydrogen-bond donors (Lipinski definition) is 0. The van der Waals surface area contributed by atoms with Gasteiger partial charge < -0.3 is 14.3 Å². The standard InChI is InChI=1S/C21H24N6O2/c1-15-13-18(17(3)27(15)19-14-16(2)29-24-19)5-6-20(28)25-9-11-26(12-10-25)21-22-7-4-8-23-21/h4-8,13-14H,9-12H2,1-3H3. The summed E-state index contributed by atoms with van der Waals surface area (Å²) in [6.07, 6.45) is 6.99. The van der Waals surface area contributed by atoms with E-state index in [1.54, 1.807) is 24.5 Å². The Hall–Kier alpha value is -3.42. The van der Waals surface area contributed by atoms with E-state index in [0.717, 1.165) is 41.6 Å². The second-order valence-corrected chi connectivity index (χ2v) is 7.15. The van der Waals surface area contributed by atoms with E-state index >= 15 is 0 Å². The third-order valence-electron chi connectivity index (χ3n) is 5.15. The highest BCUT2D eigenvalue weighted by Crippen LogP contribution is 2.22. The first kappa shape index (κ1) is 18.9. The summed E-state index contributed by atoms with van der Waals surface area (Å²) in [5.41, 5.74) is 3.05. The summed E-state index contributed by atoms with van der Waals surface area (Å²) in [5, 5.41) is 4.10. The highest BCUT2D eigenvalue weighted by atomic mass is 16.5. The first-order chi connectivity index (χ1) is 14.0. The van der Waals surface area contributed by atoms with Crippen molar-refractivity contribution in [1.29, 1.82) is 0 Å². The summed E-state index contributed by atoms with van der Waals surface area (Å²) < 4.78 is 7.22. The van der Waals surface area contributed by atoms with E-state index in [1.807, 2.05) is 48.4 Å². The SMILES string of the molecule is Cc1cc(-n2c(C)cc(C=CC(=O)N3CCN(c4ncccn4)CC3)c2C)no1. The van der Waals surface area contributed by atoms with Crippen molar-refractivity contribution in [2.75, 3.05) is 31.1 Å². The summed E-state index contributed by atoms with van der Waals surface area (Å²) >= 11 is 0. The van der Waals surface area contributed by atoms with Crippen LogP contribution in [0.4, 0.5) is 5.95 Å². The molecule has 0 unspecified atom stereocenters. The van der Waals surface area contributed by atoms with Gasteiger partial charge in [0.1, 0.15) is 5.76 Å². The van der Waals surface area contributed by atoms with Gasteiger partial charge in [0.25, 0.3) is 0 Å². The normalized spacial score (nSPS) is 14.7. The Labute approximate surface area is 169 Å². The number of anilines is 1. The number of aromatic nitrogens is 4. The van der Waals surface area contributed by atoms with E-state index in [9.17, 15) is 4.79 Å². The van der Waals surface area contributed by atoms with Crippen LogP contribution in [0.2, 0.25) is 0 Å². The van der Waals surface area contributed by atoms with Gasteiger partial charge in [-0.05, 0) is 44.5 Å². The summed E-state index contributed by atoms with van der Waals surface area (Å²) in [6, 6.07) is 5.75. The molecule has 1 saturated heterocycles. The summed E-state index contributed by atoms with van der Waals surface area (Å²) in [7, 11) is 0. The van der Waals surface area contributed by atoms with Gasteiger partial charge in [-0.3, -0.25) is 9.36 Å². The van der Waals surface area contributed by atoms with Crippen molar-refractivity contribution in [2.24, 2.45) is 0 Å². The van der Waals surface area contributed by atoms with E-state index in [1.165, 1.54) is 0 Å². The Kier molecular flexibility index (Phi) is 5.16. The predicted molar refractivity (Wildman–Crippen MR) is 110 cm³/mol. The molecular formula is C21H24N6O2. The third kappa shape index (κ3) is 3.91. The van der Waals surface area contributed by atoms with Crippen LogP contribution in [0.15, 0.2) is 41.2 Å². The molecule has 0 spiro atoms. The zero-order chi connectivity index (χ0) is 20.4. The molecule has 150 valence electrons. The third-order valence-corrected chi connectivity index (χ3v) is 5.15. The van der Waals surface area contributed by atoms with Gasteiger partial charge in [-0.25, -0.2) is 9.97 Å². The summed E-state index contributed by atoms with van der Waals surface area (Å²) in [5.74, 6) is 2.24. The lowest BCUT2D eigenvalue weighted by molar-refractivity contribution is -0.126.